The van der Waals surface area contributed by atoms with E-state index in [1.54, 1.807) is 23.1 Å². The van der Waals surface area contributed by atoms with Gasteiger partial charge in [-0.15, -0.1) is 0 Å². The molecule has 0 saturated carbocycles. The highest BCUT2D eigenvalue weighted by molar-refractivity contribution is 7.80. The number of benzene rings is 1. The van der Waals surface area contributed by atoms with Gasteiger partial charge in [-0.2, -0.15) is 0 Å². The number of anilines is 1. The largest absolute Gasteiger partial charge is 0.378 e. The van der Waals surface area contributed by atoms with Crippen molar-refractivity contribution in [2.75, 3.05) is 31.6 Å². The number of thiocarbonyl (C=S) groups is 1. The summed E-state index contributed by atoms with van der Waals surface area (Å²) < 4.78 is 5.27. The first kappa shape index (κ1) is 19.3. The smallest absolute Gasteiger partial charge is 0.254 e. The molecule has 2 rings (SSSR count). The van der Waals surface area contributed by atoms with Gasteiger partial charge in [-0.05, 0) is 36.8 Å². The lowest BCUT2D eigenvalue weighted by Gasteiger charge is -2.27. The van der Waals surface area contributed by atoms with Crippen LogP contribution >= 0.6 is 12.2 Å². The molecule has 6 nitrogen and oxygen atoms in total. The average molecular weight is 363 g/mol. The lowest BCUT2D eigenvalue weighted by molar-refractivity contribution is -0.119. The van der Waals surface area contributed by atoms with Crippen molar-refractivity contribution in [2.24, 2.45) is 0 Å². The predicted octanol–water partition coefficient (Wildman–Crippen LogP) is 2.55. The minimum Gasteiger partial charge on any atom is -0.378 e. The Balaban J connectivity index is 1.88. The Morgan fingerprint density at radius 2 is 2.00 bits per heavy atom. The molecule has 1 fully saturated rings. The Kier molecular flexibility index (Phi) is 7.81. The molecule has 1 aromatic rings. The van der Waals surface area contributed by atoms with Crippen LogP contribution < -0.4 is 10.6 Å². The number of hydrogen-bond acceptors (Lipinski definition) is 4. The molecule has 0 aliphatic carbocycles. The molecule has 7 heteroatoms. The van der Waals surface area contributed by atoms with Crippen LogP contribution in [0.2, 0.25) is 0 Å². The highest BCUT2D eigenvalue weighted by Gasteiger charge is 2.18. The molecule has 0 atom stereocenters. The maximum absolute atomic E-state index is 12.5. The second-order valence-electron chi connectivity index (χ2n) is 5.94. The monoisotopic (exact) mass is 363 g/mol. The SMILES string of the molecule is CCCCCC(=O)NC(=S)Nc1cccc(C(=O)N2CCOCC2)c1. The van der Waals surface area contributed by atoms with Crippen molar-refractivity contribution in [1.29, 1.82) is 0 Å². The number of unbranched alkanes of at least 4 members (excludes halogenated alkanes) is 2. The van der Waals surface area contributed by atoms with Crippen molar-refractivity contribution in [3.05, 3.63) is 29.8 Å². The Hall–Kier alpha value is -1.99. The maximum Gasteiger partial charge on any atom is 0.254 e. The zero-order valence-corrected chi connectivity index (χ0v) is 15.4. The Morgan fingerprint density at radius 1 is 1.24 bits per heavy atom. The van der Waals surface area contributed by atoms with Gasteiger partial charge in [-0.1, -0.05) is 25.8 Å². The van der Waals surface area contributed by atoms with Gasteiger partial charge in [0.05, 0.1) is 13.2 Å². The first-order valence-corrected chi connectivity index (χ1v) is 9.09. The van der Waals surface area contributed by atoms with E-state index in [0.29, 0.717) is 44.0 Å². The van der Waals surface area contributed by atoms with Crippen molar-refractivity contribution in [1.82, 2.24) is 10.2 Å². The normalized spacial score (nSPS) is 14.0. The minimum atomic E-state index is -0.0912. The molecular formula is C18H25N3O3S. The van der Waals surface area contributed by atoms with E-state index < -0.39 is 0 Å². The average Bonchev–Trinajstić information content (AvgIpc) is 2.62. The third-order valence-corrected chi connectivity index (χ3v) is 4.13. The molecule has 0 bridgehead atoms. The van der Waals surface area contributed by atoms with Crippen LogP contribution in [0.1, 0.15) is 43.0 Å². The highest BCUT2D eigenvalue weighted by atomic mass is 32.1. The van der Waals surface area contributed by atoms with E-state index in [-0.39, 0.29) is 16.9 Å². The molecular weight excluding hydrogens is 338 g/mol. The molecule has 0 spiro atoms. The number of rotatable bonds is 6. The molecule has 136 valence electrons. The van der Waals surface area contributed by atoms with Gasteiger partial charge < -0.3 is 20.3 Å². The Labute approximate surface area is 153 Å². The van der Waals surface area contributed by atoms with E-state index in [1.807, 2.05) is 6.07 Å². The molecule has 2 amide bonds. The van der Waals surface area contributed by atoms with Crippen molar-refractivity contribution < 1.29 is 14.3 Å². The summed E-state index contributed by atoms with van der Waals surface area (Å²) in [6.45, 7) is 4.43. The number of nitrogens with zero attached hydrogens (tertiary/aromatic N) is 1. The van der Waals surface area contributed by atoms with Gasteiger partial charge in [0.15, 0.2) is 5.11 Å². The summed E-state index contributed by atoms with van der Waals surface area (Å²) in [6.07, 6.45) is 3.42. The lowest BCUT2D eigenvalue weighted by Crippen LogP contribution is -2.40. The molecule has 0 radical (unpaired) electrons. The van der Waals surface area contributed by atoms with Gasteiger partial charge in [0.25, 0.3) is 5.91 Å². The standard InChI is InChI=1S/C18H25N3O3S/c1-2-3-4-8-16(22)20-18(25)19-15-7-5-6-14(13-15)17(23)21-9-11-24-12-10-21/h5-7,13H,2-4,8-12H2,1H3,(H2,19,20,22,25). The maximum atomic E-state index is 12.5. The first-order chi connectivity index (χ1) is 12.1. The van der Waals surface area contributed by atoms with Gasteiger partial charge in [-0.3, -0.25) is 9.59 Å². The summed E-state index contributed by atoms with van der Waals surface area (Å²) >= 11 is 5.17. The molecule has 25 heavy (non-hydrogen) atoms. The molecule has 1 aliphatic heterocycles. The van der Waals surface area contributed by atoms with Gasteiger partial charge in [0.2, 0.25) is 5.91 Å². The number of amides is 2. The van der Waals surface area contributed by atoms with E-state index in [4.69, 9.17) is 17.0 Å². The fourth-order valence-electron chi connectivity index (χ4n) is 2.57. The summed E-state index contributed by atoms with van der Waals surface area (Å²) in [5.74, 6) is -0.118. The van der Waals surface area contributed by atoms with Crippen LogP contribution in [0.15, 0.2) is 24.3 Å². The van der Waals surface area contributed by atoms with Crippen LogP contribution in [0.4, 0.5) is 5.69 Å². The summed E-state index contributed by atoms with van der Waals surface area (Å²) in [7, 11) is 0. The fraction of sp³-hybridized carbons (Fsp3) is 0.500. The van der Waals surface area contributed by atoms with Crippen molar-refractivity contribution >= 4 is 34.8 Å². The molecule has 0 aromatic heterocycles. The molecule has 1 aromatic carbocycles. The van der Waals surface area contributed by atoms with Gasteiger partial charge in [0, 0.05) is 30.8 Å². The predicted molar refractivity (Wildman–Crippen MR) is 102 cm³/mol. The summed E-state index contributed by atoms with van der Waals surface area (Å²) in [5.41, 5.74) is 1.27. The second kappa shape index (κ2) is 10.1. The minimum absolute atomic E-state index is 0.0264. The van der Waals surface area contributed by atoms with Crippen LogP contribution in [0.25, 0.3) is 0 Å². The Bertz CT molecular complexity index is 615. The van der Waals surface area contributed by atoms with Crippen LogP contribution in [0.3, 0.4) is 0 Å². The van der Waals surface area contributed by atoms with Crippen molar-refractivity contribution in [3.8, 4) is 0 Å². The fourth-order valence-corrected chi connectivity index (χ4v) is 2.80. The van der Waals surface area contributed by atoms with E-state index in [1.165, 1.54) is 0 Å². The molecule has 2 N–H and O–H groups in total. The first-order valence-electron chi connectivity index (χ1n) is 8.68. The number of hydrogen-bond donors (Lipinski definition) is 2. The third-order valence-electron chi connectivity index (χ3n) is 3.93. The molecule has 1 aliphatic rings. The van der Waals surface area contributed by atoms with Crippen molar-refractivity contribution in [2.45, 2.75) is 32.6 Å². The van der Waals surface area contributed by atoms with E-state index in [0.717, 1.165) is 19.3 Å². The molecule has 1 heterocycles. The summed E-state index contributed by atoms with van der Waals surface area (Å²) in [5, 5.41) is 5.88. The van der Waals surface area contributed by atoms with Crippen LogP contribution in [0.5, 0.6) is 0 Å². The van der Waals surface area contributed by atoms with E-state index in [9.17, 15) is 9.59 Å². The number of carbonyl (C=O) groups excluding carboxylic acids is 2. The molecule has 1 saturated heterocycles. The second-order valence-corrected chi connectivity index (χ2v) is 6.35. The number of ether oxygens (including phenoxy) is 1. The van der Waals surface area contributed by atoms with Gasteiger partial charge >= 0.3 is 0 Å². The van der Waals surface area contributed by atoms with E-state index >= 15 is 0 Å². The topological polar surface area (TPSA) is 70.7 Å². The third kappa shape index (κ3) is 6.43. The quantitative estimate of drug-likeness (QED) is 0.600. The molecule has 0 unspecified atom stereocenters. The van der Waals surface area contributed by atoms with E-state index in [2.05, 4.69) is 17.6 Å². The Morgan fingerprint density at radius 3 is 2.72 bits per heavy atom. The van der Waals surface area contributed by atoms with Gasteiger partial charge in [-0.25, -0.2) is 0 Å². The lowest BCUT2D eigenvalue weighted by atomic mass is 10.1. The van der Waals surface area contributed by atoms with Crippen LogP contribution in [0, 0.1) is 0 Å². The van der Waals surface area contributed by atoms with Crippen molar-refractivity contribution in [3.63, 3.8) is 0 Å². The van der Waals surface area contributed by atoms with Gasteiger partial charge in [0.1, 0.15) is 0 Å². The number of nitrogens with one attached hydrogen (secondary N) is 2. The zero-order valence-electron chi connectivity index (χ0n) is 14.5. The van der Waals surface area contributed by atoms with Crippen LogP contribution in [-0.2, 0) is 9.53 Å². The summed E-state index contributed by atoms with van der Waals surface area (Å²) in [6, 6.07) is 7.12. The zero-order chi connectivity index (χ0) is 18.1. The summed E-state index contributed by atoms with van der Waals surface area (Å²) in [4.78, 5) is 26.1. The number of carbonyl (C=O) groups is 2. The number of morpholine rings is 1. The highest BCUT2D eigenvalue weighted by Crippen LogP contribution is 2.14. The van der Waals surface area contributed by atoms with Crippen LogP contribution in [-0.4, -0.2) is 48.1 Å².